The molecule has 0 spiro atoms. The summed E-state index contributed by atoms with van der Waals surface area (Å²) in [5.74, 6) is -0.812. The molecule has 150 valence electrons. The number of hydrogen-bond donors (Lipinski definition) is 2. The molecule has 0 unspecified atom stereocenters. The molecule has 4 nitrogen and oxygen atoms in total. The fourth-order valence-electron chi connectivity index (χ4n) is 2.94. The van der Waals surface area contributed by atoms with E-state index in [4.69, 9.17) is 5.11 Å². The van der Waals surface area contributed by atoms with E-state index in [2.05, 4.69) is 6.08 Å². The average molecular weight is 375 g/mol. The molecular formula is C23H34O4. The van der Waals surface area contributed by atoms with E-state index in [-0.39, 0.29) is 29.5 Å². The third kappa shape index (κ3) is 8.53. The third-order valence-corrected chi connectivity index (χ3v) is 4.98. The van der Waals surface area contributed by atoms with Gasteiger partial charge in [0.25, 0.3) is 0 Å². The lowest BCUT2D eigenvalue weighted by Gasteiger charge is -2.28. The molecule has 2 N–H and O–H groups in total. The zero-order valence-corrected chi connectivity index (χ0v) is 17.0. The van der Waals surface area contributed by atoms with Gasteiger partial charge in [0.15, 0.2) is 5.78 Å². The molecule has 0 saturated carbocycles. The standard InChI is InChI=1S/C23H34O4/c1-17(2)15-16-23(3,4)21(25)14-12-18-11-13-20(24)19(18)9-7-5-6-8-10-22(26)27/h5,7,11-15,18-19,21,25H,6,8-10,16H2,1-4H3,(H,26,27)/t18-,19+,21-/m0/s1. The number of carboxylic acid groups (broad SMARTS) is 1. The number of aliphatic carboxylic acids is 1. The van der Waals surface area contributed by atoms with Crippen LogP contribution in [0.3, 0.4) is 0 Å². The molecule has 0 saturated heterocycles. The van der Waals surface area contributed by atoms with E-state index in [0.29, 0.717) is 19.3 Å². The first-order valence-corrected chi connectivity index (χ1v) is 9.72. The lowest BCUT2D eigenvalue weighted by Crippen LogP contribution is -2.27. The quantitative estimate of drug-likeness (QED) is 0.400. The molecule has 0 aromatic heterocycles. The summed E-state index contributed by atoms with van der Waals surface area (Å²) in [4.78, 5) is 22.6. The van der Waals surface area contributed by atoms with Crippen LogP contribution >= 0.6 is 0 Å². The summed E-state index contributed by atoms with van der Waals surface area (Å²) in [5.41, 5.74) is 0.971. The second-order valence-corrected chi connectivity index (χ2v) is 8.24. The molecule has 0 amide bonds. The van der Waals surface area contributed by atoms with Crippen LogP contribution in [-0.2, 0) is 9.59 Å². The summed E-state index contributed by atoms with van der Waals surface area (Å²) in [7, 11) is 0. The Kier molecular flexibility index (Phi) is 9.44. The van der Waals surface area contributed by atoms with Gasteiger partial charge in [0.2, 0.25) is 0 Å². The topological polar surface area (TPSA) is 74.6 Å². The summed E-state index contributed by atoms with van der Waals surface area (Å²) in [5, 5.41) is 19.2. The largest absolute Gasteiger partial charge is 0.481 e. The lowest BCUT2D eigenvalue weighted by molar-refractivity contribution is -0.137. The van der Waals surface area contributed by atoms with E-state index in [0.717, 1.165) is 6.42 Å². The number of allylic oxidation sites excluding steroid dienone is 7. The van der Waals surface area contributed by atoms with Crippen LogP contribution in [0.5, 0.6) is 0 Å². The normalized spacial score (nSPS) is 21.3. The number of carboxylic acids is 1. The summed E-state index contributed by atoms with van der Waals surface area (Å²) in [6.45, 7) is 8.17. The second kappa shape index (κ2) is 11.0. The lowest BCUT2D eigenvalue weighted by atomic mass is 9.81. The average Bonchev–Trinajstić information content (AvgIpc) is 2.93. The van der Waals surface area contributed by atoms with Crippen molar-refractivity contribution >= 4 is 11.8 Å². The van der Waals surface area contributed by atoms with E-state index in [1.807, 2.05) is 58.1 Å². The minimum Gasteiger partial charge on any atom is -0.481 e. The second-order valence-electron chi connectivity index (χ2n) is 8.24. The van der Waals surface area contributed by atoms with Gasteiger partial charge in [0, 0.05) is 18.3 Å². The molecule has 0 aromatic rings. The van der Waals surface area contributed by atoms with Crippen LogP contribution in [0.25, 0.3) is 0 Å². The summed E-state index contributed by atoms with van der Waals surface area (Å²) < 4.78 is 0. The smallest absolute Gasteiger partial charge is 0.303 e. The van der Waals surface area contributed by atoms with E-state index < -0.39 is 12.1 Å². The van der Waals surface area contributed by atoms with E-state index in [1.165, 1.54) is 5.57 Å². The number of rotatable bonds is 11. The van der Waals surface area contributed by atoms with Crippen LogP contribution in [0.4, 0.5) is 0 Å². The third-order valence-electron chi connectivity index (χ3n) is 4.98. The molecule has 0 fully saturated rings. The van der Waals surface area contributed by atoms with Crippen molar-refractivity contribution in [1.29, 1.82) is 0 Å². The molecular weight excluding hydrogens is 340 g/mol. The Labute approximate surface area is 163 Å². The highest BCUT2D eigenvalue weighted by atomic mass is 16.4. The van der Waals surface area contributed by atoms with Crippen molar-refractivity contribution in [2.75, 3.05) is 0 Å². The number of unbranched alkanes of at least 4 members (excludes halogenated alkanes) is 1. The Morgan fingerprint density at radius 2 is 2.00 bits per heavy atom. The van der Waals surface area contributed by atoms with Gasteiger partial charge in [-0.15, -0.1) is 0 Å². The molecule has 1 rings (SSSR count). The van der Waals surface area contributed by atoms with Crippen LogP contribution in [0, 0.1) is 17.3 Å². The van der Waals surface area contributed by atoms with Crippen molar-refractivity contribution in [2.24, 2.45) is 17.3 Å². The summed E-state index contributed by atoms with van der Waals surface area (Å²) in [6.07, 6.45) is 15.7. The maximum Gasteiger partial charge on any atom is 0.303 e. The maximum atomic E-state index is 12.1. The minimum atomic E-state index is -0.783. The van der Waals surface area contributed by atoms with Gasteiger partial charge < -0.3 is 10.2 Å². The predicted octanol–water partition coefficient (Wildman–Crippen LogP) is 4.86. The number of carbonyl (C=O) groups excluding carboxylic acids is 1. The highest BCUT2D eigenvalue weighted by molar-refractivity contribution is 5.95. The van der Waals surface area contributed by atoms with Crippen LogP contribution in [0.2, 0.25) is 0 Å². The van der Waals surface area contributed by atoms with Crippen LogP contribution in [0.15, 0.2) is 48.1 Å². The zero-order valence-electron chi connectivity index (χ0n) is 17.0. The first-order valence-electron chi connectivity index (χ1n) is 9.72. The molecule has 3 atom stereocenters. The highest BCUT2D eigenvalue weighted by Crippen LogP contribution is 2.31. The van der Waals surface area contributed by atoms with Crippen molar-refractivity contribution < 1.29 is 19.8 Å². The Morgan fingerprint density at radius 1 is 1.30 bits per heavy atom. The molecule has 27 heavy (non-hydrogen) atoms. The van der Waals surface area contributed by atoms with Crippen LogP contribution in [0.1, 0.15) is 59.8 Å². The number of ketones is 1. The van der Waals surface area contributed by atoms with Gasteiger partial charge in [-0.3, -0.25) is 9.59 Å². The molecule has 0 heterocycles. The van der Waals surface area contributed by atoms with Gasteiger partial charge in [0.1, 0.15) is 0 Å². The molecule has 0 bridgehead atoms. The zero-order chi connectivity index (χ0) is 20.4. The number of carbonyl (C=O) groups is 2. The molecule has 0 radical (unpaired) electrons. The van der Waals surface area contributed by atoms with Gasteiger partial charge in [-0.2, -0.15) is 0 Å². The molecule has 0 aliphatic heterocycles. The van der Waals surface area contributed by atoms with Crippen molar-refractivity contribution in [3.63, 3.8) is 0 Å². The van der Waals surface area contributed by atoms with Crippen molar-refractivity contribution in [3.05, 3.63) is 48.1 Å². The first-order chi connectivity index (χ1) is 12.6. The van der Waals surface area contributed by atoms with Gasteiger partial charge >= 0.3 is 5.97 Å². The predicted molar refractivity (Wildman–Crippen MR) is 109 cm³/mol. The fourth-order valence-corrected chi connectivity index (χ4v) is 2.94. The SMILES string of the molecule is CC(C)=CCC(C)(C)[C@@H](O)C=C[C@@H]1C=CC(=O)[C@@H]1CC=CCCCC(=O)O. The fraction of sp³-hybridized carbons (Fsp3) is 0.565. The first kappa shape index (κ1) is 23.1. The Bertz CT molecular complexity index is 618. The van der Waals surface area contributed by atoms with Crippen molar-refractivity contribution in [3.8, 4) is 0 Å². The molecule has 1 aliphatic rings. The summed E-state index contributed by atoms with van der Waals surface area (Å²) >= 11 is 0. The van der Waals surface area contributed by atoms with Crippen LogP contribution < -0.4 is 0 Å². The highest BCUT2D eigenvalue weighted by Gasteiger charge is 2.29. The van der Waals surface area contributed by atoms with E-state index >= 15 is 0 Å². The van der Waals surface area contributed by atoms with E-state index in [1.54, 1.807) is 6.08 Å². The van der Waals surface area contributed by atoms with Gasteiger partial charge in [-0.1, -0.05) is 55.9 Å². The molecule has 1 aliphatic carbocycles. The monoisotopic (exact) mass is 374 g/mol. The van der Waals surface area contributed by atoms with E-state index in [9.17, 15) is 14.7 Å². The van der Waals surface area contributed by atoms with Crippen LogP contribution in [-0.4, -0.2) is 28.1 Å². The van der Waals surface area contributed by atoms with Crippen molar-refractivity contribution in [2.45, 2.75) is 65.9 Å². The van der Waals surface area contributed by atoms with Gasteiger partial charge in [-0.25, -0.2) is 0 Å². The van der Waals surface area contributed by atoms with Gasteiger partial charge in [-0.05, 0) is 51.0 Å². The van der Waals surface area contributed by atoms with Gasteiger partial charge in [0.05, 0.1) is 6.10 Å². The molecule has 0 aromatic carbocycles. The molecule has 4 heteroatoms. The number of aliphatic hydroxyl groups is 1. The minimum absolute atomic E-state index is 0.00456. The summed E-state index contributed by atoms with van der Waals surface area (Å²) in [6, 6.07) is 0. The Morgan fingerprint density at radius 3 is 2.63 bits per heavy atom. The number of hydrogen-bond acceptors (Lipinski definition) is 3. The number of aliphatic hydroxyl groups excluding tert-OH is 1. The Hall–Kier alpha value is -1.94. The van der Waals surface area contributed by atoms with Crippen molar-refractivity contribution in [1.82, 2.24) is 0 Å². The Balaban J connectivity index is 2.59. The maximum absolute atomic E-state index is 12.1.